The van der Waals surface area contributed by atoms with Gasteiger partial charge in [-0.15, -0.1) is 0 Å². The van der Waals surface area contributed by atoms with Crippen molar-refractivity contribution in [3.63, 3.8) is 0 Å². The van der Waals surface area contributed by atoms with Gasteiger partial charge in [0.25, 0.3) is 0 Å². The Labute approximate surface area is 99.8 Å². The molecule has 1 aromatic carbocycles. The van der Waals surface area contributed by atoms with Crippen LogP contribution in [0.15, 0.2) is 42.5 Å². The maximum Gasteiger partial charge on any atom is 0.422 e. The normalized spacial score (nSPS) is 10.2. The molecule has 90 valence electrons. The quantitative estimate of drug-likeness (QED) is 0.346. The first-order valence-corrected chi connectivity index (χ1v) is 5.33. The number of esters is 2. The first-order valence-electron chi connectivity index (χ1n) is 5.33. The molecule has 17 heavy (non-hydrogen) atoms. The summed E-state index contributed by atoms with van der Waals surface area (Å²) in [5.41, 5.74) is 0. The molecular weight excluding hydrogens is 220 g/mol. The van der Waals surface area contributed by atoms with Gasteiger partial charge in [-0.1, -0.05) is 37.3 Å². The van der Waals surface area contributed by atoms with Crippen LogP contribution in [-0.4, -0.2) is 18.5 Å². The number of hydrogen-bond donors (Lipinski definition) is 0. The number of carbonyl (C=O) groups is 2. The smallest absolute Gasteiger partial charge is 0.422 e. The monoisotopic (exact) mass is 234 g/mol. The van der Waals surface area contributed by atoms with Crippen LogP contribution < -0.4 is 4.74 Å². The third-order valence-electron chi connectivity index (χ3n) is 1.83. The van der Waals surface area contributed by atoms with Crippen molar-refractivity contribution in [2.45, 2.75) is 13.3 Å². The van der Waals surface area contributed by atoms with Crippen molar-refractivity contribution >= 4 is 11.9 Å². The Balaban J connectivity index is 2.37. The molecule has 0 saturated carbocycles. The van der Waals surface area contributed by atoms with Crippen molar-refractivity contribution in [1.82, 2.24) is 0 Å². The van der Waals surface area contributed by atoms with Crippen LogP contribution in [0.2, 0.25) is 0 Å². The Hall–Kier alpha value is -2.10. The number of hydrogen-bond acceptors (Lipinski definition) is 4. The van der Waals surface area contributed by atoms with Gasteiger partial charge in [-0.05, 0) is 18.6 Å². The van der Waals surface area contributed by atoms with Crippen LogP contribution in [0.4, 0.5) is 0 Å². The highest BCUT2D eigenvalue weighted by Gasteiger charge is 2.17. The maximum atomic E-state index is 11.3. The summed E-state index contributed by atoms with van der Waals surface area (Å²) in [6.07, 6.45) is 4.37. The van der Waals surface area contributed by atoms with E-state index in [9.17, 15) is 9.59 Å². The van der Waals surface area contributed by atoms with Gasteiger partial charge in [0.1, 0.15) is 12.4 Å². The van der Waals surface area contributed by atoms with Gasteiger partial charge < -0.3 is 9.47 Å². The van der Waals surface area contributed by atoms with Crippen LogP contribution in [0.5, 0.6) is 5.75 Å². The van der Waals surface area contributed by atoms with Crippen LogP contribution in [0.1, 0.15) is 13.3 Å². The number of allylic oxidation sites excluding steroid dienone is 1. The minimum Gasteiger partial charge on any atom is -0.453 e. The minimum absolute atomic E-state index is 0.0799. The largest absolute Gasteiger partial charge is 0.453 e. The molecule has 0 unspecified atom stereocenters. The highest BCUT2D eigenvalue weighted by atomic mass is 16.6. The van der Waals surface area contributed by atoms with Crippen molar-refractivity contribution in [2.75, 3.05) is 6.61 Å². The molecule has 0 aliphatic rings. The molecule has 0 amide bonds. The van der Waals surface area contributed by atoms with Crippen molar-refractivity contribution in [3.8, 4) is 5.75 Å². The summed E-state index contributed by atoms with van der Waals surface area (Å²) >= 11 is 0. The van der Waals surface area contributed by atoms with Crippen molar-refractivity contribution in [1.29, 1.82) is 0 Å². The molecule has 0 radical (unpaired) electrons. The van der Waals surface area contributed by atoms with E-state index in [1.807, 2.05) is 13.0 Å². The molecule has 1 rings (SSSR count). The van der Waals surface area contributed by atoms with Crippen LogP contribution >= 0.6 is 0 Å². The van der Waals surface area contributed by atoms with E-state index in [4.69, 9.17) is 4.74 Å². The van der Waals surface area contributed by atoms with Crippen molar-refractivity contribution < 1.29 is 19.1 Å². The lowest BCUT2D eigenvalue weighted by Crippen LogP contribution is -2.23. The predicted molar refractivity (Wildman–Crippen MR) is 62.5 cm³/mol. The summed E-state index contributed by atoms with van der Waals surface area (Å²) in [5.74, 6) is -1.69. The zero-order chi connectivity index (χ0) is 12.5. The second-order valence-corrected chi connectivity index (χ2v) is 3.18. The lowest BCUT2D eigenvalue weighted by molar-refractivity contribution is -0.161. The molecule has 1 aromatic rings. The molecule has 4 heteroatoms. The van der Waals surface area contributed by atoms with Crippen LogP contribution in [0, 0.1) is 0 Å². The Morgan fingerprint density at radius 1 is 1.12 bits per heavy atom. The zero-order valence-electron chi connectivity index (χ0n) is 9.59. The molecule has 0 N–H and O–H groups in total. The Morgan fingerprint density at radius 3 is 2.47 bits per heavy atom. The molecule has 0 fully saturated rings. The topological polar surface area (TPSA) is 52.6 Å². The molecule has 0 atom stereocenters. The molecule has 0 heterocycles. The summed E-state index contributed by atoms with van der Waals surface area (Å²) in [7, 11) is 0. The summed E-state index contributed by atoms with van der Waals surface area (Å²) < 4.78 is 9.47. The van der Waals surface area contributed by atoms with E-state index in [1.165, 1.54) is 0 Å². The van der Waals surface area contributed by atoms with E-state index in [0.29, 0.717) is 5.75 Å². The Bertz CT molecular complexity index is 395. The van der Waals surface area contributed by atoms with Gasteiger partial charge in [0.05, 0.1) is 0 Å². The van der Waals surface area contributed by atoms with Crippen LogP contribution in [0.3, 0.4) is 0 Å². The predicted octanol–water partition coefficient (Wildman–Crippen LogP) is 2.10. The standard InChI is InChI=1S/C13H14O4/c1-2-3-7-10-16-12(14)13(15)17-11-8-5-4-6-9-11/h3-9H,2,10H2,1H3/b7-3+. The summed E-state index contributed by atoms with van der Waals surface area (Å²) in [4.78, 5) is 22.4. The Morgan fingerprint density at radius 2 is 1.82 bits per heavy atom. The third-order valence-corrected chi connectivity index (χ3v) is 1.83. The second kappa shape index (κ2) is 7.22. The molecule has 4 nitrogen and oxygen atoms in total. The summed E-state index contributed by atoms with van der Waals surface area (Å²) in [5, 5.41) is 0. The SMILES string of the molecule is CC/C=C/COC(=O)C(=O)Oc1ccccc1. The Kier molecular flexibility index (Phi) is 5.51. The fraction of sp³-hybridized carbons (Fsp3) is 0.231. The van der Waals surface area contributed by atoms with Gasteiger partial charge in [-0.2, -0.15) is 0 Å². The summed E-state index contributed by atoms with van der Waals surface area (Å²) in [6.45, 7) is 2.04. The highest BCUT2D eigenvalue weighted by molar-refractivity contribution is 6.30. The second-order valence-electron chi connectivity index (χ2n) is 3.18. The van der Waals surface area contributed by atoms with Crippen LogP contribution in [-0.2, 0) is 14.3 Å². The minimum atomic E-state index is -1.01. The van der Waals surface area contributed by atoms with E-state index in [1.54, 1.807) is 36.4 Å². The maximum absolute atomic E-state index is 11.3. The number of rotatable bonds is 4. The van der Waals surface area contributed by atoms with E-state index in [0.717, 1.165) is 6.42 Å². The van der Waals surface area contributed by atoms with Gasteiger partial charge in [0.15, 0.2) is 0 Å². The molecule has 0 saturated heterocycles. The number of para-hydroxylation sites is 1. The van der Waals surface area contributed by atoms with Crippen molar-refractivity contribution in [2.24, 2.45) is 0 Å². The van der Waals surface area contributed by atoms with Gasteiger partial charge >= 0.3 is 11.9 Å². The fourth-order valence-electron chi connectivity index (χ4n) is 1.05. The lowest BCUT2D eigenvalue weighted by atomic mass is 10.3. The molecule has 0 aliphatic heterocycles. The van der Waals surface area contributed by atoms with E-state index >= 15 is 0 Å². The number of carbonyl (C=O) groups excluding carboxylic acids is 2. The fourth-order valence-corrected chi connectivity index (χ4v) is 1.05. The third kappa shape index (κ3) is 4.97. The number of ether oxygens (including phenoxy) is 2. The average molecular weight is 234 g/mol. The van der Waals surface area contributed by atoms with E-state index in [2.05, 4.69) is 4.74 Å². The molecule has 0 aromatic heterocycles. The summed E-state index contributed by atoms with van der Waals surface area (Å²) in [6, 6.07) is 8.37. The molecular formula is C13H14O4. The molecule has 0 bridgehead atoms. The first kappa shape index (κ1) is 13.0. The van der Waals surface area contributed by atoms with Gasteiger partial charge in [0.2, 0.25) is 0 Å². The zero-order valence-corrected chi connectivity index (χ0v) is 9.59. The van der Waals surface area contributed by atoms with Crippen LogP contribution in [0.25, 0.3) is 0 Å². The number of benzene rings is 1. The molecule has 0 aliphatic carbocycles. The molecule has 0 spiro atoms. The van der Waals surface area contributed by atoms with Gasteiger partial charge in [-0.25, -0.2) is 9.59 Å². The van der Waals surface area contributed by atoms with Gasteiger partial charge in [-0.3, -0.25) is 0 Å². The average Bonchev–Trinajstić information content (AvgIpc) is 2.35. The van der Waals surface area contributed by atoms with E-state index < -0.39 is 11.9 Å². The van der Waals surface area contributed by atoms with Crippen molar-refractivity contribution in [3.05, 3.63) is 42.5 Å². The highest BCUT2D eigenvalue weighted by Crippen LogP contribution is 2.08. The van der Waals surface area contributed by atoms with E-state index in [-0.39, 0.29) is 6.61 Å². The lowest BCUT2D eigenvalue weighted by Gasteiger charge is -2.02. The first-order chi connectivity index (χ1) is 8.24. The van der Waals surface area contributed by atoms with Gasteiger partial charge in [0, 0.05) is 0 Å².